The average molecular weight is 437 g/mol. The number of carbonyl (C=O) groups excluding carboxylic acids is 1. The number of amides is 1. The van der Waals surface area contributed by atoms with Gasteiger partial charge in [-0.05, 0) is 46.5 Å². The van der Waals surface area contributed by atoms with E-state index in [4.69, 9.17) is 14.6 Å². The van der Waals surface area contributed by atoms with Crippen LogP contribution in [0.3, 0.4) is 0 Å². The molecule has 3 rings (SSSR count). The molecular weight excluding hydrogens is 400 g/mol. The first kappa shape index (κ1) is 25.0. The third-order valence-corrected chi connectivity index (χ3v) is 6.11. The van der Waals surface area contributed by atoms with E-state index < -0.39 is 17.2 Å². The highest BCUT2D eigenvalue weighted by Gasteiger charge is 2.53. The van der Waals surface area contributed by atoms with Gasteiger partial charge in [-0.2, -0.15) is 0 Å². The van der Waals surface area contributed by atoms with Crippen molar-refractivity contribution in [3.05, 3.63) is 29.9 Å². The lowest BCUT2D eigenvalue weighted by Gasteiger charge is -2.53. The lowest BCUT2D eigenvalue weighted by molar-refractivity contribution is -0.208. The molecule has 2 atom stereocenters. The molecule has 2 saturated heterocycles. The molecule has 2 aliphatic heterocycles. The standard InChI is InChI=1S/C21H34N4O3.CH2O2/c1-16(2)5-4-6-18(26)24-20(3)9-12-28-21(19(20)27)7-10-25(11-8-21)14-17-13-22-15-23-17;2-1-3/h5,13,15,19,27H,4,6-12,14H2,1-3H3,(H,22,23)(H,24,26);1H,(H,2,3)/t19-,20+;/m1./s1. The summed E-state index contributed by atoms with van der Waals surface area (Å²) in [5.74, 6) is -0.00668. The summed E-state index contributed by atoms with van der Waals surface area (Å²) in [5.41, 5.74) is 1.08. The van der Waals surface area contributed by atoms with Crippen LogP contribution in [0.5, 0.6) is 0 Å². The third kappa shape index (κ3) is 6.88. The number of ether oxygens (including phenoxy) is 1. The fraction of sp³-hybridized carbons (Fsp3) is 0.682. The number of allylic oxidation sites excluding steroid dienone is 2. The first-order valence-corrected chi connectivity index (χ1v) is 10.8. The highest BCUT2D eigenvalue weighted by atomic mass is 16.5. The Balaban J connectivity index is 0.00000107. The van der Waals surface area contributed by atoms with Crippen molar-refractivity contribution in [3.8, 4) is 0 Å². The molecular formula is C22H36N4O5. The Morgan fingerprint density at radius 3 is 2.65 bits per heavy atom. The first-order valence-electron chi connectivity index (χ1n) is 10.8. The number of piperidine rings is 1. The van der Waals surface area contributed by atoms with Gasteiger partial charge in [0.1, 0.15) is 6.10 Å². The summed E-state index contributed by atoms with van der Waals surface area (Å²) in [6.45, 7) is 8.85. The van der Waals surface area contributed by atoms with E-state index in [0.29, 0.717) is 19.4 Å². The minimum Gasteiger partial charge on any atom is -0.483 e. The number of hydrogen-bond donors (Lipinski definition) is 4. The zero-order chi connectivity index (χ0) is 22.9. The van der Waals surface area contributed by atoms with E-state index >= 15 is 0 Å². The molecule has 3 heterocycles. The molecule has 4 N–H and O–H groups in total. The maximum absolute atomic E-state index is 12.4. The minimum atomic E-state index is -0.713. The summed E-state index contributed by atoms with van der Waals surface area (Å²) in [5, 5.41) is 21.2. The van der Waals surface area contributed by atoms with Gasteiger partial charge in [0.2, 0.25) is 5.91 Å². The van der Waals surface area contributed by atoms with Gasteiger partial charge in [-0.25, -0.2) is 4.98 Å². The predicted octanol–water partition coefficient (Wildman–Crippen LogP) is 1.85. The quantitative estimate of drug-likeness (QED) is 0.396. The van der Waals surface area contributed by atoms with Crippen LogP contribution >= 0.6 is 0 Å². The molecule has 0 bridgehead atoms. The third-order valence-electron chi connectivity index (χ3n) is 6.11. The first-order chi connectivity index (χ1) is 14.7. The molecule has 174 valence electrons. The summed E-state index contributed by atoms with van der Waals surface area (Å²) in [6.07, 6.45) is 8.21. The summed E-state index contributed by atoms with van der Waals surface area (Å²) in [4.78, 5) is 30.3. The van der Waals surface area contributed by atoms with E-state index in [-0.39, 0.29) is 12.4 Å². The molecule has 0 radical (unpaired) electrons. The van der Waals surface area contributed by atoms with Crippen LogP contribution in [0, 0.1) is 0 Å². The van der Waals surface area contributed by atoms with Crippen molar-refractivity contribution < 1.29 is 24.5 Å². The molecule has 1 aromatic rings. The number of imidazole rings is 1. The zero-order valence-electron chi connectivity index (χ0n) is 18.8. The number of carboxylic acid groups (broad SMARTS) is 1. The number of hydrogen-bond acceptors (Lipinski definition) is 6. The fourth-order valence-electron chi connectivity index (χ4n) is 4.39. The van der Waals surface area contributed by atoms with Crippen molar-refractivity contribution in [2.24, 2.45) is 0 Å². The number of carbonyl (C=O) groups is 2. The van der Waals surface area contributed by atoms with Gasteiger partial charge in [0, 0.05) is 44.6 Å². The number of nitrogens with one attached hydrogen (secondary N) is 2. The zero-order valence-corrected chi connectivity index (χ0v) is 18.8. The van der Waals surface area contributed by atoms with Gasteiger partial charge in [-0.15, -0.1) is 0 Å². The molecule has 1 spiro atoms. The van der Waals surface area contributed by atoms with Crippen LogP contribution in [-0.4, -0.2) is 74.4 Å². The van der Waals surface area contributed by atoms with E-state index in [0.717, 1.165) is 44.6 Å². The van der Waals surface area contributed by atoms with Gasteiger partial charge < -0.3 is 25.3 Å². The van der Waals surface area contributed by atoms with Crippen molar-refractivity contribution in [1.82, 2.24) is 20.2 Å². The molecule has 2 fully saturated rings. The molecule has 0 aliphatic carbocycles. The summed E-state index contributed by atoms with van der Waals surface area (Å²) in [7, 11) is 0. The second-order valence-corrected chi connectivity index (χ2v) is 8.81. The molecule has 1 aromatic heterocycles. The van der Waals surface area contributed by atoms with Gasteiger partial charge in [0.15, 0.2) is 0 Å². The fourth-order valence-corrected chi connectivity index (χ4v) is 4.39. The Morgan fingerprint density at radius 2 is 2.06 bits per heavy atom. The SMILES string of the molecule is CC(C)=CCCC(=O)N[C@@]1(C)CCOC2(CCN(Cc3cnc[nH]3)CC2)[C@@H]1O.O=CO. The van der Waals surface area contributed by atoms with E-state index in [9.17, 15) is 9.90 Å². The molecule has 0 aromatic carbocycles. The maximum Gasteiger partial charge on any atom is 0.290 e. The van der Waals surface area contributed by atoms with E-state index in [1.807, 2.05) is 27.0 Å². The number of nitrogens with zero attached hydrogens (tertiary/aromatic N) is 2. The molecule has 2 aliphatic rings. The molecule has 0 unspecified atom stereocenters. The number of aliphatic hydroxyl groups excluding tert-OH is 1. The Kier molecular flexibility index (Phi) is 9.21. The maximum atomic E-state index is 12.4. The van der Waals surface area contributed by atoms with Crippen LogP contribution < -0.4 is 5.32 Å². The van der Waals surface area contributed by atoms with Crippen LogP contribution in [-0.2, 0) is 20.9 Å². The largest absolute Gasteiger partial charge is 0.483 e. The van der Waals surface area contributed by atoms with E-state index in [1.165, 1.54) is 5.57 Å². The second kappa shape index (κ2) is 11.4. The van der Waals surface area contributed by atoms with E-state index in [1.54, 1.807) is 6.33 Å². The molecule has 9 nitrogen and oxygen atoms in total. The van der Waals surface area contributed by atoms with Crippen molar-refractivity contribution in [3.63, 3.8) is 0 Å². The molecule has 1 amide bonds. The minimum absolute atomic E-state index is 0.00668. The Bertz CT molecular complexity index is 724. The molecule has 9 heteroatoms. The number of likely N-dealkylation sites (tertiary alicyclic amines) is 1. The van der Waals surface area contributed by atoms with Crippen LogP contribution in [0.25, 0.3) is 0 Å². The normalized spacial score (nSPS) is 25.2. The summed E-state index contributed by atoms with van der Waals surface area (Å²) in [6, 6.07) is 0. The van der Waals surface area contributed by atoms with Crippen LogP contribution in [0.4, 0.5) is 0 Å². The van der Waals surface area contributed by atoms with Crippen molar-refractivity contribution in [2.75, 3.05) is 19.7 Å². The van der Waals surface area contributed by atoms with Crippen molar-refractivity contribution in [2.45, 2.75) is 76.7 Å². The Morgan fingerprint density at radius 1 is 1.39 bits per heavy atom. The van der Waals surface area contributed by atoms with Crippen LogP contribution in [0.2, 0.25) is 0 Å². The van der Waals surface area contributed by atoms with Crippen LogP contribution in [0.1, 0.15) is 58.6 Å². The lowest BCUT2D eigenvalue weighted by Crippen LogP contribution is -2.69. The van der Waals surface area contributed by atoms with Gasteiger partial charge in [-0.3, -0.25) is 14.5 Å². The highest BCUT2D eigenvalue weighted by Crippen LogP contribution is 2.40. The predicted molar refractivity (Wildman–Crippen MR) is 116 cm³/mol. The number of aromatic amines is 1. The van der Waals surface area contributed by atoms with Gasteiger partial charge in [0.25, 0.3) is 6.47 Å². The Labute approximate surface area is 183 Å². The van der Waals surface area contributed by atoms with Crippen LogP contribution in [0.15, 0.2) is 24.2 Å². The number of aliphatic hydroxyl groups is 1. The van der Waals surface area contributed by atoms with Crippen molar-refractivity contribution >= 4 is 12.4 Å². The van der Waals surface area contributed by atoms with Gasteiger partial charge in [-0.1, -0.05) is 11.6 Å². The van der Waals surface area contributed by atoms with Crippen molar-refractivity contribution in [1.29, 1.82) is 0 Å². The second-order valence-electron chi connectivity index (χ2n) is 8.81. The van der Waals surface area contributed by atoms with Gasteiger partial charge in [0.05, 0.1) is 17.5 Å². The van der Waals surface area contributed by atoms with E-state index in [2.05, 4.69) is 26.3 Å². The van der Waals surface area contributed by atoms with Gasteiger partial charge >= 0.3 is 0 Å². The average Bonchev–Trinajstić information content (AvgIpc) is 3.21. The number of aromatic nitrogens is 2. The summed E-state index contributed by atoms with van der Waals surface area (Å²) < 4.78 is 6.13. The highest BCUT2D eigenvalue weighted by molar-refractivity contribution is 5.77. The topological polar surface area (TPSA) is 128 Å². The molecule has 31 heavy (non-hydrogen) atoms. The number of rotatable bonds is 6. The Hall–Kier alpha value is -2.23. The smallest absolute Gasteiger partial charge is 0.290 e. The summed E-state index contributed by atoms with van der Waals surface area (Å²) >= 11 is 0. The monoisotopic (exact) mass is 436 g/mol. The lowest BCUT2D eigenvalue weighted by atomic mass is 9.73. The molecule has 0 saturated carbocycles. The number of H-pyrrole nitrogens is 1.